The zero-order valence-corrected chi connectivity index (χ0v) is 13.5. The van der Waals surface area contributed by atoms with E-state index in [2.05, 4.69) is 36.9 Å². The van der Waals surface area contributed by atoms with Crippen molar-refractivity contribution in [2.45, 2.75) is 6.18 Å². The van der Waals surface area contributed by atoms with Gasteiger partial charge in [-0.2, -0.15) is 13.2 Å². The lowest BCUT2D eigenvalue weighted by Crippen LogP contribution is -2.03. The van der Waals surface area contributed by atoms with Crippen LogP contribution in [0.5, 0.6) is 5.75 Å². The van der Waals surface area contributed by atoms with E-state index in [4.69, 9.17) is 0 Å². The van der Waals surface area contributed by atoms with Crippen molar-refractivity contribution < 1.29 is 18.3 Å². The normalized spacial score (nSPS) is 12.0. The molecule has 0 amide bonds. The summed E-state index contributed by atoms with van der Waals surface area (Å²) in [5, 5.41) is 9.84. The zero-order valence-electron chi connectivity index (χ0n) is 10.3. The summed E-state index contributed by atoms with van der Waals surface area (Å²) in [7, 11) is 0. The van der Waals surface area contributed by atoms with Gasteiger partial charge in [-0.3, -0.25) is 4.99 Å². The molecule has 0 saturated heterocycles. The lowest BCUT2D eigenvalue weighted by Gasteiger charge is -2.06. The largest absolute Gasteiger partial charge is 0.506 e. The Hall–Kier alpha value is -1.34. The van der Waals surface area contributed by atoms with Gasteiger partial charge in [-0.15, -0.1) is 0 Å². The van der Waals surface area contributed by atoms with Crippen LogP contribution < -0.4 is 0 Å². The van der Waals surface area contributed by atoms with E-state index in [1.165, 1.54) is 18.3 Å². The van der Waals surface area contributed by atoms with E-state index in [9.17, 15) is 18.3 Å². The lowest BCUT2D eigenvalue weighted by atomic mass is 10.2. The minimum absolute atomic E-state index is 0.0334. The highest BCUT2D eigenvalue weighted by molar-refractivity contribution is 9.11. The number of rotatable bonds is 2. The quantitative estimate of drug-likeness (QED) is 0.620. The monoisotopic (exact) mass is 421 g/mol. The second-order valence-corrected chi connectivity index (χ2v) is 5.90. The summed E-state index contributed by atoms with van der Waals surface area (Å²) in [6.45, 7) is 0. The van der Waals surface area contributed by atoms with E-state index in [0.29, 0.717) is 14.5 Å². The van der Waals surface area contributed by atoms with Gasteiger partial charge in [-0.1, -0.05) is 22.0 Å². The molecule has 0 aromatic heterocycles. The minimum Gasteiger partial charge on any atom is -0.506 e. The number of hydrogen-bond donors (Lipinski definition) is 1. The Bertz CT molecular complexity index is 699. The number of alkyl halides is 3. The number of nitrogens with zero attached hydrogens (tertiary/aromatic N) is 1. The number of benzene rings is 2. The summed E-state index contributed by atoms with van der Waals surface area (Å²) in [6.07, 6.45) is -3.10. The van der Waals surface area contributed by atoms with E-state index < -0.39 is 11.7 Å². The van der Waals surface area contributed by atoms with Gasteiger partial charge in [-0.25, -0.2) is 0 Å². The Balaban J connectivity index is 2.34. The molecule has 0 bridgehead atoms. The van der Waals surface area contributed by atoms with Gasteiger partial charge in [0.15, 0.2) is 0 Å². The Kier molecular flexibility index (Phi) is 4.73. The van der Waals surface area contributed by atoms with Crippen molar-refractivity contribution in [2.24, 2.45) is 4.99 Å². The van der Waals surface area contributed by atoms with Gasteiger partial charge < -0.3 is 5.11 Å². The Morgan fingerprint density at radius 1 is 1.10 bits per heavy atom. The fourth-order valence-electron chi connectivity index (χ4n) is 1.59. The molecule has 0 saturated carbocycles. The maximum absolute atomic E-state index is 12.6. The summed E-state index contributed by atoms with van der Waals surface area (Å²) in [5.41, 5.74) is -0.231. The highest BCUT2D eigenvalue weighted by atomic mass is 79.9. The average molecular weight is 423 g/mol. The highest BCUT2D eigenvalue weighted by Crippen LogP contribution is 2.33. The standard InChI is InChI=1S/C14H8Br2F3NO/c15-10-4-8(13(21)12(16)6-10)7-20-11-3-1-2-9(5-11)14(17,18)19/h1-7,21H. The molecule has 2 aromatic carbocycles. The van der Waals surface area contributed by atoms with Crippen LogP contribution >= 0.6 is 31.9 Å². The highest BCUT2D eigenvalue weighted by Gasteiger charge is 2.30. The molecule has 0 unspecified atom stereocenters. The lowest BCUT2D eigenvalue weighted by molar-refractivity contribution is -0.137. The van der Waals surface area contributed by atoms with Gasteiger partial charge in [-0.05, 0) is 46.3 Å². The van der Waals surface area contributed by atoms with Crippen LogP contribution in [0.4, 0.5) is 18.9 Å². The third-order valence-corrected chi connectivity index (χ3v) is 3.65. The first-order valence-electron chi connectivity index (χ1n) is 5.67. The Morgan fingerprint density at radius 3 is 2.48 bits per heavy atom. The van der Waals surface area contributed by atoms with Crippen molar-refractivity contribution in [3.8, 4) is 5.75 Å². The molecule has 0 aliphatic rings. The van der Waals surface area contributed by atoms with E-state index >= 15 is 0 Å². The first-order valence-corrected chi connectivity index (χ1v) is 7.25. The van der Waals surface area contributed by atoms with E-state index in [1.807, 2.05) is 0 Å². The van der Waals surface area contributed by atoms with E-state index in [-0.39, 0.29) is 11.4 Å². The van der Waals surface area contributed by atoms with Crippen molar-refractivity contribution >= 4 is 43.8 Å². The molecular formula is C14H8Br2F3NO. The van der Waals surface area contributed by atoms with Crippen LogP contribution in [0.3, 0.4) is 0 Å². The first kappa shape index (κ1) is 16.0. The summed E-state index contributed by atoms with van der Waals surface area (Å²) in [6, 6.07) is 7.92. The maximum Gasteiger partial charge on any atom is 0.416 e. The molecule has 0 fully saturated rings. The molecule has 0 aliphatic heterocycles. The van der Waals surface area contributed by atoms with Crippen molar-refractivity contribution in [3.05, 3.63) is 56.5 Å². The van der Waals surface area contributed by atoms with Crippen LogP contribution in [0.1, 0.15) is 11.1 Å². The third kappa shape index (κ3) is 4.07. The second-order valence-electron chi connectivity index (χ2n) is 4.13. The average Bonchev–Trinajstić information content (AvgIpc) is 2.40. The van der Waals surface area contributed by atoms with Crippen molar-refractivity contribution in [1.82, 2.24) is 0 Å². The van der Waals surface area contributed by atoms with E-state index in [0.717, 1.165) is 12.1 Å². The van der Waals surface area contributed by atoms with Crippen LogP contribution in [-0.4, -0.2) is 11.3 Å². The second kappa shape index (κ2) is 6.19. The third-order valence-electron chi connectivity index (χ3n) is 2.58. The zero-order chi connectivity index (χ0) is 15.6. The summed E-state index contributed by atoms with van der Waals surface area (Å²) < 4.78 is 39.0. The number of phenols is 1. The predicted molar refractivity (Wildman–Crippen MR) is 82.2 cm³/mol. The van der Waals surface area contributed by atoms with Gasteiger partial charge in [0.1, 0.15) is 5.75 Å². The summed E-state index contributed by atoms with van der Waals surface area (Å²) >= 11 is 6.43. The molecular weight excluding hydrogens is 415 g/mol. The van der Waals surface area contributed by atoms with Crippen molar-refractivity contribution in [2.75, 3.05) is 0 Å². The first-order chi connectivity index (χ1) is 9.77. The van der Waals surface area contributed by atoms with Crippen molar-refractivity contribution in [1.29, 1.82) is 0 Å². The number of phenolic OH excluding ortho intramolecular Hbond substituents is 1. The molecule has 7 heteroatoms. The van der Waals surface area contributed by atoms with E-state index in [1.54, 1.807) is 12.1 Å². The van der Waals surface area contributed by atoms with Gasteiger partial charge in [0.05, 0.1) is 15.7 Å². The number of aromatic hydroxyl groups is 1. The van der Waals surface area contributed by atoms with Crippen LogP contribution in [0, 0.1) is 0 Å². The molecule has 2 aromatic rings. The molecule has 0 radical (unpaired) electrons. The molecule has 110 valence electrons. The van der Waals surface area contributed by atoms with Gasteiger partial charge in [0.2, 0.25) is 0 Å². The SMILES string of the molecule is Oc1c(Br)cc(Br)cc1C=Nc1cccc(C(F)(F)F)c1. The summed E-state index contributed by atoms with van der Waals surface area (Å²) in [4.78, 5) is 3.97. The van der Waals surface area contributed by atoms with Crippen LogP contribution in [0.2, 0.25) is 0 Å². The summed E-state index contributed by atoms with van der Waals surface area (Å²) in [5.74, 6) is -0.0334. The topological polar surface area (TPSA) is 32.6 Å². The molecule has 0 aliphatic carbocycles. The van der Waals surface area contributed by atoms with Gasteiger partial charge in [0, 0.05) is 16.3 Å². The van der Waals surface area contributed by atoms with Gasteiger partial charge in [0.25, 0.3) is 0 Å². The Morgan fingerprint density at radius 2 is 1.81 bits per heavy atom. The minimum atomic E-state index is -4.41. The van der Waals surface area contributed by atoms with Crippen molar-refractivity contribution in [3.63, 3.8) is 0 Å². The number of aliphatic imine (C=N–C) groups is 1. The number of hydrogen-bond acceptors (Lipinski definition) is 2. The smallest absolute Gasteiger partial charge is 0.416 e. The fraction of sp³-hybridized carbons (Fsp3) is 0.0714. The molecule has 2 rings (SSSR count). The molecule has 0 atom stereocenters. The molecule has 2 nitrogen and oxygen atoms in total. The Labute approximate surface area is 135 Å². The number of halogens is 5. The van der Waals surface area contributed by atoms with Crippen LogP contribution in [-0.2, 0) is 6.18 Å². The predicted octanol–water partition coefficient (Wildman–Crippen LogP) is 5.69. The maximum atomic E-state index is 12.6. The van der Waals surface area contributed by atoms with Crippen LogP contribution in [0.15, 0.2) is 50.3 Å². The molecule has 0 heterocycles. The molecule has 0 spiro atoms. The molecule has 21 heavy (non-hydrogen) atoms. The van der Waals surface area contributed by atoms with Crippen LogP contribution in [0.25, 0.3) is 0 Å². The van der Waals surface area contributed by atoms with Gasteiger partial charge >= 0.3 is 6.18 Å². The fourth-order valence-corrected chi connectivity index (χ4v) is 2.85. The molecule has 1 N–H and O–H groups in total.